The van der Waals surface area contributed by atoms with Crippen LogP contribution in [0.5, 0.6) is 0 Å². The van der Waals surface area contributed by atoms with Crippen LogP contribution in [-0.4, -0.2) is 60.5 Å². The molecule has 1 unspecified atom stereocenters. The van der Waals surface area contributed by atoms with Crippen LogP contribution in [0.4, 0.5) is 0 Å². The summed E-state index contributed by atoms with van der Waals surface area (Å²) in [4.78, 5) is 19.2. The van der Waals surface area contributed by atoms with E-state index in [1.165, 1.54) is 24.2 Å². The molecule has 2 heterocycles. The van der Waals surface area contributed by atoms with Crippen LogP contribution in [0.15, 0.2) is 35.3 Å². The van der Waals surface area contributed by atoms with Crippen molar-refractivity contribution in [1.82, 2.24) is 15.5 Å². The Balaban J connectivity index is 1.43. The van der Waals surface area contributed by atoms with Crippen LogP contribution in [0, 0.1) is 5.92 Å². The summed E-state index contributed by atoms with van der Waals surface area (Å²) in [6.07, 6.45) is 5.72. The Morgan fingerprint density at radius 1 is 1.21 bits per heavy atom. The van der Waals surface area contributed by atoms with Gasteiger partial charge in [-0.25, -0.2) is 4.99 Å². The lowest BCUT2D eigenvalue weighted by atomic mass is 9.90. The van der Waals surface area contributed by atoms with Crippen LogP contribution in [0.25, 0.3) is 0 Å². The highest BCUT2D eigenvalue weighted by Gasteiger charge is 2.23. The van der Waals surface area contributed by atoms with Crippen molar-refractivity contribution in [3.05, 3.63) is 35.9 Å². The summed E-state index contributed by atoms with van der Waals surface area (Å²) in [5, 5.41) is 6.78. The summed E-state index contributed by atoms with van der Waals surface area (Å²) in [5.74, 6) is 3.98. The van der Waals surface area contributed by atoms with Gasteiger partial charge in [0.15, 0.2) is 5.96 Å². The van der Waals surface area contributed by atoms with Gasteiger partial charge in [0.2, 0.25) is 5.91 Å². The number of carbonyl (C=O) groups excluding carboxylic acids is 1. The monoisotopic (exact) mass is 402 g/mol. The van der Waals surface area contributed by atoms with Gasteiger partial charge in [-0.1, -0.05) is 30.3 Å². The number of rotatable bonds is 6. The van der Waals surface area contributed by atoms with Gasteiger partial charge in [-0.15, -0.1) is 0 Å². The SMILES string of the molecule is CCNC(=NCC(=O)N1CCC(Cc2ccccc2)CC1)NC1CCCSC1. The number of benzene rings is 1. The van der Waals surface area contributed by atoms with Crippen molar-refractivity contribution in [2.24, 2.45) is 10.9 Å². The maximum atomic E-state index is 12.6. The molecule has 2 fully saturated rings. The molecule has 0 aliphatic carbocycles. The molecule has 2 aliphatic heterocycles. The van der Waals surface area contributed by atoms with E-state index in [2.05, 4.69) is 52.9 Å². The lowest BCUT2D eigenvalue weighted by Gasteiger charge is -2.32. The highest BCUT2D eigenvalue weighted by molar-refractivity contribution is 7.99. The average molecular weight is 403 g/mol. The van der Waals surface area contributed by atoms with Crippen molar-refractivity contribution in [3.63, 3.8) is 0 Å². The molecule has 6 heteroatoms. The molecule has 2 N–H and O–H groups in total. The standard InChI is InChI=1S/C22H34N4OS/c1-2-23-22(25-20-9-6-14-28-17-20)24-16-21(27)26-12-10-19(11-13-26)15-18-7-4-3-5-8-18/h3-5,7-8,19-20H,2,6,9-17H2,1H3,(H2,23,24,25). The first-order valence-electron chi connectivity index (χ1n) is 10.7. The molecule has 1 aromatic rings. The van der Waals surface area contributed by atoms with E-state index in [0.29, 0.717) is 12.0 Å². The second-order valence-corrected chi connectivity index (χ2v) is 8.92. The number of nitrogens with zero attached hydrogens (tertiary/aromatic N) is 2. The lowest BCUT2D eigenvalue weighted by molar-refractivity contribution is -0.130. The molecule has 154 valence electrons. The average Bonchev–Trinajstić information content (AvgIpc) is 2.74. The third kappa shape index (κ3) is 6.73. The number of guanidine groups is 1. The number of hydrogen-bond acceptors (Lipinski definition) is 3. The predicted molar refractivity (Wildman–Crippen MR) is 119 cm³/mol. The zero-order chi connectivity index (χ0) is 19.6. The van der Waals surface area contributed by atoms with Gasteiger partial charge >= 0.3 is 0 Å². The maximum Gasteiger partial charge on any atom is 0.244 e. The Kier molecular flexibility index (Phi) is 8.52. The topological polar surface area (TPSA) is 56.7 Å². The Bertz CT molecular complexity index is 623. The maximum absolute atomic E-state index is 12.6. The fraction of sp³-hybridized carbons (Fsp3) is 0.636. The zero-order valence-corrected chi connectivity index (χ0v) is 17.8. The van der Waals surface area contributed by atoms with E-state index in [4.69, 9.17) is 0 Å². The molecule has 2 saturated heterocycles. The molecular weight excluding hydrogens is 368 g/mol. The quantitative estimate of drug-likeness (QED) is 0.567. The molecule has 0 aromatic heterocycles. The lowest BCUT2D eigenvalue weighted by Crippen LogP contribution is -2.46. The number of thioether (sulfide) groups is 1. The van der Waals surface area contributed by atoms with Gasteiger partial charge in [-0.05, 0) is 56.3 Å². The van der Waals surface area contributed by atoms with Crippen LogP contribution in [0.2, 0.25) is 0 Å². The molecule has 0 radical (unpaired) electrons. The third-order valence-corrected chi connectivity index (χ3v) is 6.77. The predicted octanol–water partition coefficient (Wildman–Crippen LogP) is 2.92. The Morgan fingerprint density at radius 2 is 2.00 bits per heavy atom. The molecule has 28 heavy (non-hydrogen) atoms. The zero-order valence-electron chi connectivity index (χ0n) is 17.0. The first-order chi connectivity index (χ1) is 13.7. The van der Waals surface area contributed by atoms with Gasteiger partial charge < -0.3 is 15.5 Å². The van der Waals surface area contributed by atoms with E-state index in [1.54, 1.807) is 0 Å². The van der Waals surface area contributed by atoms with E-state index in [0.717, 1.165) is 50.6 Å². The van der Waals surface area contributed by atoms with Crippen molar-refractivity contribution in [1.29, 1.82) is 0 Å². The second-order valence-electron chi connectivity index (χ2n) is 7.77. The van der Waals surface area contributed by atoms with Gasteiger partial charge in [-0.3, -0.25) is 4.79 Å². The number of likely N-dealkylation sites (tertiary alicyclic amines) is 1. The summed E-state index contributed by atoms with van der Waals surface area (Å²) >= 11 is 1.99. The normalized spacial score (nSPS) is 21.4. The highest BCUT2D eigenvalue weighted by Crippen LogP contribution is 2.21. The molecular formula is C22H34N4OS. The highest BCUT2D eigenvalue weighted by atomic mass is 32.2. The number of aliphatic imine (C=N–C) groups is 1. The molecule has 0 spiro atoms. The van der Waals surface area contributed by atoms with E-state index < -0.39 is 0 Å². The van der Waals surface area contributed by atoms with Crippen molar-refractivity contribution in [3.8, 4) is 0 Å². The number of piperidine rings is 1. The molecule has 1 atom stereocenters. The van der Waals surface area contributed by atoms with Gasteiger partial charge in [0, 0.05) is 31.4 Å². The number of nitrogens with one attached hydrogen (secondary N) is 2. The van der Waals surface area contributed by atoms with Crippen LogP contribution in [0.3, 0.4) is 0 Å². The fourth-order valence-electron chi connectivity index (χ4n) is 3.95. The number of amides is 1. The van der Waals surface area contributed by atoms with Crippen molar-refractivity contribution >= 4 is 23.6 Å². The van der Waals surface area contributed by atoms with E-state index >= 15 is 0 Å². The second kappa shape index (κ2) is 11.3. The molecule has 1 amide bonds. The summed E-state index contributed by atoms with van der Waals surface area (Å²) in [6.45, 7) is 4.82. The van der Waals surface area contributed by atoms with Crippen LogP contribution in [-0.2, 0) is 11.2 Å². The molecule has 5 nitrogen and oxygen atoms in total. The first kappa shape index (κ1) is 21.0. The van der Waals surface area contributed by atoms with Crippen molar-refractivity contribution in [2.75, 3.05) is 37.7 Å². The van der Waals surface area contributed by atoms with Crippen molar-refractivity contribution < 1.29 is 4.79 Å². The Morgan fingerprint density at radius 3 is 2.68 bits per heavy atom. The number of hydrogen-bond donors (Lipinski definition) is 2. The molecule has 2 aliphatic rings. The molecule has 3 rings (SSSR count). The third-order valence-electron chi connectivity index (χ3n) is 5.55. The van der Waals surface area contributed by atoms with E-state index in [1.807, 2.05) is 16.7 Å². The van der Waals surface area contributed by atoms with E-state index in [9.17, 15) is 4.79 Å². The minimum Gasteiger partial charge on any atom is -0.357 e. The fourth-order valence-corrected chi connectivity index (χ4v) is 5.02. The van der Waals surface area contributed by atoms with Crippen molar-refractivity contribution in [2.45, 2.75) is 45.1 Å². The van der Waals surface area contributed by atoms with Gasteiger partial charge in [0.05, 0.1) is 0 Å². The van der Waals surface area contributed by atoms with Crippen LogP contribution in [0.1, 0.15) is 38.2 Å². The van der Waals surface area contributed by atoms with Crippen LogP contribution < -0.4 is 10.6 Å². The first-order valence-corrected chi connectivity index (χ1v) is 11.8. The van der Waals surface area contributed by atoms with E-state index in [-0.39, 0.29) is 12.5 Å². The number of carbonyl (C=O) groups is 1. The summed E-state index contributed by atoms with van der Waals surface area (Å²) < 4.78 is 0. The Labute approximate surface area is 173 Å². The summed E-state index contributed by atoms with van der Waals surface area (Å²) in [7, 11) is 0. The molecule has 0 saturated carbocycles. The Hall–Kier alpha value is -1.69. The van der Waals surface area contributed by atoms with Gasteiger partial charge in [0.25, 0.3) is 0 Å². The minimum absolute atomic E-state index is 0.147. The largest absolute Gasteiger partial charge is 0.357 e. The van der Waals surface area contributed by atoms with Gasteiger partial charge in [-0.2, -0.15) is 11.8 Å². The smallest absolute Gasteiger partial charge is 0.244 e. The summed E-state index contributed by atoms with van der Waals surface area (Å²) in [6, 6.07) is 11.1. The molecule has 0 bridgehead atoms. The summed E-state index contributed by atoms with van der Waals surface area (Å²) in [5.41, 5.74) is 1.40. The van der Waals surface area contributed by atoms with Gasteiger partial charge in [0.1, 0.15) is 6.54 Å². The molecule has 1 aromatic carbocycles. The minimum atomic E-state index is 0.147. The van der Waals surface area contributed by atoms with Crippen LogP contribution >= 0.6 is 11.8 Å².